The van der Waals surface area contributed by atoms with Crippen LogP contribution >= 0.6 is 0 Å². The number of terminal acetylenes is 1. The van der Waals surface area contributed by atoms with E-state index in [1.54, 1.807) is 24.5 Å². The summed E-state index contributed by atoms with van der Waals surface area (Å²) in [5.41, 5.74) is 4.14. The molecule has 25 heavy (non-hydrogen) atoms. The number of Topliss-reactive ketones (excluding diaryl/α,β-unsaturated/α-hetero) is 1. The Morgan fingerprint density at radius 3 is 2.60 bits per heavy atom. The van der Waals surface area contributed by atoms with Crippen molar-refractivity contribution in [1.82, 2.24) is 9.97 Å². The zero-order valence-corrected chi connectivity index (χ0v) is 13.9. The van der Waals surface area contributed by atoms with E-state index >= 15 is 0 Å². The molecule has 4 heteroatoms. The van der Waals surface area contributed by atoms with E-state index in [4.69, 9.17) is 6.42 Å². The predicted molar refractivity (Wildman–Crippen MR) is 98.9 cm³/mol. The van der Waals surface area contributed by atoms with Crippen LogP contribution in [0.4, 0.5) is 11.4 Å². The van der Waals surface area contributed by atoms with Crippen LogP contribution < -0.4 is 4.90 Å². The van der Waals surface area contributed by atoms with Gasteiger partial charge in [-0.15, -0.1) is 6.42 Å². The highest BCUT2D eigenvalue weighted by molar-refractivity contribution is 5.97. The zero-order chi connectivity index (χ0) is 17.6. The Kier molecular flexibility index (Phi) is 4.87. The standard InChI is InChI=1S/C21H17N3O/c1-3-16-6-4-8-18(10-16)21(25)12-17-7-5-9-19(11-17)24(2)20-13-22-15-23-14-20/h1,4-11,13-15H,12H2,2H3. The lowest BCUT2D eigenvalue weighted by atomic mass is 10.0. The highest BCUT2D eigenvalue weighted by Crippen LogP contribution is 2.23. The number of ketones is 1. The molecule has 0 atom stereocenters. The lowest BCUT2D eigenvalue weighted by molar-refractivity contribution is 0.0993. The number of rotatable bonds is 5. The SMILES string of the molecule is C#Cc1cccc(C(=O)Cc2cccc(N(C)c3cncnc3)c2)c1. The van der Waals surface area contributed by atoms with Crippen LogP contribution in [0.5, 0.6) is 0 Å². The number of hydrogen-bond donors (Lipinski definition) is 0. The van der Waals surface area contributed by atoms with Gasteiger partial charge in [0.15, 0.2) is 5.78 Å². The molecule has 1 heterocycles. The lowest BCUT2D eigenvalue weighted by Gasteiger charge is -2.19. The third-order valence-corrected chi connectivity index (χ3v) is 3.95. The number of carbonyl (C=O) groups is 1. The van der Waals surface area contributed by atoms with Crippen LogP contribution in [0.3, 0.4) is 0 Å². The van der Waals surface area contributed by atoms with Crippen molar-refractivity contribution in [2.24, 2.45) is 0 Å². The summed E-state index contributed by atoms with van der Waals surface area (Å²) in [5.74, 6) is 2.60. The Bertz CT molecular complexity index is 929. The van der Waals surface area contributed by atoms with Crippen LogP contribution in [-0.2, 0) is 6.42 Å². The summed E-state index contributed by atoms with van der Waals surface area (Å²) < 4.78 is 0. The van der Waals surface area contributed by atoms with Crippen LogP contribution in [0.1, 0.15) is 21.5 Å². The molecule has 0 aliphatic rings. The van der Waals surface area contributed by atoms with Crippen LogP contribution in [0, 0.1) is 12.3 Å². The molecule has 3 aromatic rings. The predicted octanol–water partition coefficient (Wildman–Crippen LogP) is 3.65. The lowest BCUT2D eigenvalue weighted by Crippen LogP contribution is -2.11. The molecule has 2 aromatic carbocycles. The highest BCUT2D eigenvalue weighted by Gasteiger charge is 2.10. The van der Waals surface area contributed by atoms with Crippen molar-refractivity contribution in [2.75, 3.05) is 11.9 Å². The Balaban J connectivity index is 1.80. The second-order valence-corrected chi connectivity index (χ2v) is 5.65. The van der Waals surface area contributed by atoms with Gasteiger partial charge < -0.3 is 4.90 Å². The first kappa shape index (κ1) is 16.4. The smallest absolute Gasteiger partial charge is 0.167 e. The first-order valence-corrected chi connectivity index (χ1v) is 7.85. The minimum Gasteiger partial charge on any atom is -0.342 e. The zero-order valence-electron chi connectivity index (χ0n) is 13.9. The summed E-state index contributed by atoms with van der Waals surface area (Å²) in [7, 11) is 1.94. The Morgan fingerprint density at radius 2 is 1.84 bits per heavy atom. The summed E-state index contributed by atoms with van der Waals surface area (Å²) in [4.78, 5) is 22.6. The van der Waals surface area contributed by atoms with Gasteiger partial charge in [-0.05, 0) is 29.8 Å². The van der Waals surface area contributed by atoms with Crippen LogP contribution in [0.25, 0.3) is 0 Å². The molecular weight excluding hydrogens is 310 g/mol. The number of aromatic nitrogens is 2. The fraction of sp³-hybridized carbons (Fsp3) is 0.0952. The van der Waals surface area contributed by atoms with Gasteiger partial charge in [0.2, 0.25) is 0 Å². The Morgan fingerprint density at radius 1 is 1.08 bits per heavy atom. The van der Waals surface area contributed by atoms with E-state index in [-0.39, 0.29) is 5.78 Å². The van der Waals surface area contributed by atoms with Crippen molar-refractivity contribution in [2.45, 2.75) is 6.42 Å². The quantitative estimate of drug-likeness (QED) is 0.530. The van der Waals surface area contributed by atoms with Crippen LogP contribution in [0.2, 0.25) is 0 Å². The molecule has 0 spiro atoms. The van der Waals surface area contributed by atoms with Crippen molar-refractivity contribution in [3.05, 3.63) is 83.9 Å². The third kappa shape index (κ3) is 3.91. The molecule has 0 aliphatic heterocycles. The second-order valence-electron chi connectivity index (χ2n) is 5.65. The van der Waals surface area contributed by atoms with Crippen LogP contribution in [-0.4, -0.2) is 22.8 Å². The number of anilines is 2. The fourth-order valence-electron chi connectivity index (χ4n) is 2.56. The molecule has 4 nitrogen and oxygen atoms in total. The maximum atomic E-state index is 12.5. The summed E-state index contributed by atoms with van der Waals surface area (Å²) in [6.45, 7) is 0. The molecule has 0 saturated carbocycles. The maximum absolute atomic E-state index is 12.5. The molecule has 0 saturated heterocycles. The summed E-state index contributed by atoms with van der Waals surface area (Å²) >= 11 is 0. The molecule has 122 valence electrons. The van der Waals surface area contributed by atoms with Gasteiger partial charge in [-0.1, -0.05) is 30.2 Å². The number of benzene rings is 2. The Labute approximate surface area is 147 Å². The third-order valence-electron chi connectivity index (χ3n) is 3.95. The molecule has 3 rings (SSSR count). The monoisotopic (exact) mass is 327 g/mol. The van der Waals surface area contributed by atoms with Crippen molar-refractivity contribution < 1.29 is 4.79 Å². The summed E-state index contributed by atoms with van der Waals surface area (Å²) in [6, 6.07) is 15.0. The summed E-state index contributed by atoms with van der Waals surface area (Å²) in [5, 5.41) is 0. The van der Waals surface area contributed by atoms with E-state index in [1.807, 2.05) is 48.3 Å². The second kappa shape index (κ2) is 7.41. The van der Waals surface area contributed by atoms with Gasteiger partial charge in [-0.3, -0.25) is 4.79 Å². The highest BCUT2D eigenvalue weighted by atomic mass is 16.1. The molecule has 0 bridgehead atoms. The minimum atomic E-state index is 0.0416. The number of nitrogens with zero attached hydrogens (tertiary/aromatic N) is 3. The number of carbonyl (C=O) groups excluding carboxylic acids is 1. The van der Waals surface area contributed by atoms with Gasteiger partial charge in [-0.25, -0.2) is 9.97 Å². The molecule has 0 fully saturated rings. The van der Waals surface area contributed by atoms with Crippen molar-refractivity contribution in [3.63, 3.8) is 0 Å². The first-order chi connectivity index (χ1) is 12.2. The number of hydrogen-bond acceptors (Lipinski definition) is 4. The van der Waals surface area contributed by atoms with E-state index < -0.39 is 0 Å². The van der Waals surface area contributed by atoms with Crippen molar-refractivity contribution in [3.8, 4) is 12.3 Å². The molecule has 0 unspecified atom stereocenters. The van der Waals surface area contributed by atoms with Gasteiger partial charge in [0.05, 0.1) is 18.1 Å². The normalized spacial score (nSPS) is 10.1. The van der Waals surface area contributed by atoms with Gasteiger partial charge in [0, 0.05) is 30.3 Å². The average Bonchev–Trinajstić information content (AvgIpc) is 2.68. The molecular formula is C21H17N3O. The van der Waals surface area contributed by atoms with E-state index in [2.05, 4.69) is 15.9 Å². The minimum absolute atomic E-state index is 0.0416. The van der Waals surface area contributed by atoms with Gasteiger partial charge in [-0.2, -0.15) is 0 Å². The first-order valence-electron chi connectivity index (χ1n) is 7.85. The van der Waals surface area contributed by atoms with E-state index in [0.29, 0.717) is 17.5 Å². The van der Waals surface area contributed by atoms with E-state index in [1.165, 1.54) is 6.33 Å². The topological polar surface area (TPSA) is 46.1 Å². The molecule has 0 N–H and O–H groups in total. The maximum Gasteiger partial charge on any atom is 0.167 e. The Hall–Kier alpha value is -3.45. The van der Waals surface area contributed by atoms with E-state index in [9.17, 15) is 4.79 Å². The fourth-order valence-corrected chi connectivity index (χ4v) is 2.56. The molecule has 0 radical (unpaired) electrons. The van der Waals surface area contributed by atoms with E-state index in [0.717, 1.165) is 16.9 Å². The van der Waals surface area contributed by atoms with Gasteiger partial charge in [0.25, 0.3) is 0 Å². The average molecular weight is 327 g/mol. The van der Waals surface area contributed by atoms with Gasteiger partial charge >= 0.3 is 0 Å². The van der Waals surface area contributed by atoms with Crippen LogP contribution in [0.15, 0.2) is 67.3 Å². The summed E-state index contributed by atoms with van der Waals surface area (Å²) in [6.07, 6.45) is 10.7. The largest absolute Gasteiger partial charge is 0.342 e. The molecule has 0 aliphatic carbocycles. The molecule has 1 aromatic heterocycles. The molecule has 0 amide bonds. The van der Waals surface area contributed by atoms with Crippen molar-refractivity contribution in [1.29, 1.82) is 0 Å². The van der Waals surface area contributed by atoms with Crippen molar-refractivity contribution >= 4 is 17.2 Å². The van der Waals surface area contributed by atoms with Gasteiger partial charge in [0.1, 0.15) is 6.33 Å².